The van der Waals surface area contributed by atoms with Gasteiger partial charge in [-0.1, -0.05) is 12.1 Å². The molecule has 40 heavy (non-hydrogen) atoms. The molecule has 4 rings (SSSR count). The van der Waals surface area contributed by atoms with Gasteiger partial charge in [-0.2, -0.15) is 0 Å². The number of rotatable bonds is 8. The van der Waals surface area contributed by atoms with Gasteiger partial charge in [0.25, 0.3) is 5.91 Å². The van der Waals surface area contributed by atoms with Crippen LogP contribution in [0, 0.1) is 18.3 Å². The van der Waals surface area contributed by atoms with Crippen molar-refractivity contribution >= 4 is 17.5 Å². The van der Waals surface area contributed by atoms with Gasteiger partial charge in [-0.3, -0.25) is 9.59 Å². The molecule has 3 N–H and O–H groups in total. The first-order valence-electron chi connectivity index (χ1n) is 13.5. The lowest BCUT2D eigenvalue weighted by Gasteiger charge is -2.34. The van der Waals surface area contributed by atoms with Crippen molar-refractivity contribution in [2.24, 2.45) is 11.7 Å². The lowest BCUT2D eigenvalue weighted by molar-refractivity contribution is -0.126. The third-order valence-corrected chi connectivity index (χ3v) is 7.79. The Morgan fingerprint density at radius 1 is 1.20 bits per heavy atom. The average molecular weight is 555 g/mol. The number of carbonyl (C=O) groups is 2. The van der Waals surface area contributed by atoms with Crippen LogP contribution in [0.3, 0.4) is 0 Å². The maximum absolute atomic E-state index is 15.2. The first-order chi connectivity index (χ1) is 18.8. The fraction of sp³-hybridized carbons (Fsp3) is 0.500. The predicted octanol–water partition coefficient (Wildman–Crippen LogP) is 4.33. The second kappa shape index (κ2) is 11.5. The highest BCUT2D eigenvalue weighted by Crippen LogP contribution is 2.36. The second-order valence-corrected chi connectivity index (χ2v) is 11.6. The van der Waals surface area contributed by atoms with Gasteiger partial charge in [-0.25, -0.2) is 13.6 Å². The topological polar surface area (TPSA) is 100 Å². The molecule has 8 nitrogen and oxygen atoms in total. The summed E-state index contributed by atoms with van der Waals surface area (Å²) >= 11 is 0. The minimum absolute atomic E-state index is 0.0156. The Bertz CT molecular complexity index is 1310. The van der Waals surface area contributed by atoms with Gasteiger partial charge in [0.2, 0.25) is 11.6 Å². The molecule has 2 aliphatic heterocycles. The largest absolute Gasteiger partial charge is 0.504 e. The molecule has 2 heterocycles. The maximum atomic E-state index is 15.2. The summed E-state index contributed by atoms with van der Waals surface area (Å²) in [5.74, 6) is -1.54. The van der Waals surface area contributed by atoms with Crippen molar-refractivity contribution in [2.75, 3.05) is 32.8 Å². The van der Waals surface area contributed by atoms with Crippen LogP contribution < -0.4 is 10.5 Å². The second-order valence-electron chi connectivity index (χ2n) is 11.6. The van der Waals surface area contributed by atoms with Gasteiger partial charge in [-0.05, 0) is 88.0 Å². The number of hydrogen-bond donors (Lipinski definition) is 2. The van der Waals surface area contributed by atoms with Gasteiger partial charge < -0.3 is 25.4 Å². The third-order valence-electron chi connectivity index (χ3n) is 7.79. The Balaban J connectivity index is 1.43. The number of amides is 2. The molecule has 214 valence electrons. The number of halogens is 2. The summed E-state index contributed by atoms with van der Waals surface area (Å²) in [5, 5.41) is 10.0. The Morgan fingerprint density at radius 3 is 2.45 bits per heavy atom. The van der Waals surface area contributed by atoms with E-state index in [9.17, 15) is 19.1 Å². The van der Waals surface area contributed by atoms with Crippen molar-refractivity contribution in [1.82, 2.24) is 9.80 Å². The van der Waals surface area contributed by atoms with Crippen molar-refractivity contribution in [3.63, 3.8) is 0 Å². The van der Waals surface area contributed by atoms with E-state index in [0.29, 0.717) is 35.9 Å². The zero-order chi connectivity index (χ0) is 29.2. The van der Waals surface area contributed by atoms with Crippen molar-refractivity contribution in [3.8, 4) is 16.9 Å². The molecule has 10 heteroatoms. The van der Waals surface area contributed by atoms with E-state index in [1.807, 2.05) is 0 Å². The highest BCUT2D eigenvalue weighted by Gasteiger charge is 2.49. The molecule has 0 aromatic heterocycles. The van der Waals surface area contributed by atoms with E-state index in [1.165, 1.54) is 19.1 Å². The molecular weight excluding hydrogens is 518 g/mol. The number of primary amides is 1. The van der Waals surface area contributed by atoms with Crippen LogP contribution >= 0.6 is 0 Å². The molecule has 0 radical (unpaired) electrons. The average Bonchev–Trinajstić information content (AvgIpc) is 3.22. The van der Waals surface area contributed by atoms with E-state index in [0.717, 1.165) is 30.8 Å². The summed E-state index contributed by atoms with van der Waals surface area (Å²) in [5.41, 5.74) is 3.94. The highest BCUT2D eigenvalue weighted by atomic mass is 19.1. The molecule has 0 unspecified atom stereocenters. The van der Waals surface area contributed by atoms with Crippen molar-refractivity contribution in [2.45, 2.75) is 57.3 Å². The van der Waals surface area contributed by atoms with Gasteiger partial charge in [0.1, 0.15) is 22.8 Å². The first kappa shape index (κ1) is 29.4. The Morgan fingerprint density at radius 2 is 1.85 bits per heavy atom. The molecule has 0 bridgehead atoms. The fourth-order valence-electron chi connectivity index (χ4n) is 5.56. The molecule has 2 aromatic carbocycles. The van der Waals surface area contributed by atoms with Crippen LogP contribution in [0.4, 0.5) is 14.5 Å². The van der Waals surface area contributed by atoms with Crippen LogP contribution in [0.2, 0.25) is 0 Å². The molecule has 0 saturated carbocycles. The molecule has 0 spiro atoms. The first-order valence-corrected chi connectivity index (χ1v) is 13.5. The van der Waals surface area contributed by atoms with E-state index < -0.39 is 34.9 Å². The number of nitrogens with two attached hydrogens (primary N) is 1. The molecule has 2 atom stereocenters. The van der Waals surface area contributed by atoms with Crippen LogP contribution in [0.15, 0.2) is 36.4 Å². The number of aliphatic hydroxyl groups is 1. The molecular formula is C30H36F2N4O4. The lowest BCUT2D eigenvalue weighted by Crippen LogP contribution is -2.54. The number of alkyl halides is 1. The summed E-state index contributed by atoms with van der Waals surface area (Å²) in [6, 6.07) is 9.14. The quantitative estimate of drug-likeness (QED) is 0.473. The van der Waals surface area contributed by atoms with Crippen LogP contribution in [0.5, 0.6) is 5.75 Å². The smallest absolute Gasteiger partial charge is 0.257 e. The van der Waals surface area contributed by atoms with Crippen LogP contribution in [-0.4, -0.2) is 76.8 Å². The number of hydrogen-bond acceptors (Lipinski definition) is 5. The standard InChI is InChI=1S/C30H36F2N4O4/c1-29(2,32)18-35-11-9-19(10-12-35)17-40-26-8-6-21(14-25(26)34-4)20-5-7-23(24(31)13-20)27(38)36-16-22(37)15-30(36,3)28(33)39/h5-8,13-14,19,22,37H,9-12,15-18H2,1-3H3,(H2,33,39)/t22-,30+/m1/s1. The van der Waals surface area contributed by atoms with Gasteiger partial charge in [0.15, 0.2) is 0 Å². The Hall–Kier alpha value is -3.55. The highest BCUT2D eigenvalue weighted by molar-refractivity contribution is 6.00. The number of ether oxygens (including phenoxy) is 1. The van der Waals surface area contributed by atoms with E-state index in [1.54, 1.807) is 38.1 Å². The van der Waals surface area contributed by atoms with Crippen molar-refractivity contribution in [1.29, 1.82) is 0 Å². The van der Waals surface area contributed by atoms with Gasteiger partial charge in [-0.15, -0.1) is 0 Å². The van der Waals surface area contributed by atoms with E-state index in [2.05, 4.69) is 9.74 Å². The van der Waals surface area contributed by atoms with Gasteiger partial charge in [0.05, 0.1) is 24.8 Å². The summed E-state index contributed by atoms with van der Waals surface area (Å²) in [6.07, 6.45) is 0.832. The Kier molecular flexibility index (Phi) is 8.47. The van der Waals surface area contributed by atoms with Crippen LogP contribution in [-0.2, 0) is 4.79 Å². The van der Waals surface area contributed by atoms with Gasteiger partial charge in [0, 0.05) is 19.5 Å². The van der Waals surface area contributed by atoms with E-state index in [-0.39, 0.29) is 24.2 Å². The number of aliphatic hydroxyl groups excluding tert-OH is 1. The van der Waals surface area contributed by atoms with Crippen molar-refractivity contribution in [3.05, 3.63) is 59.2 Å². The molecule has 2 saturated heterocycles. The normalized spacial score (nSPS) is 22.2. The summed E-state index contributed by atoms with van der Waals surface area (Å²) < 4.78 is 35.1. The van der Waals surface area contributed by atoms with E-state index in [4.69, 9.17) is 17.0 Å². The molecule has 2 fully saturated rings. The van der Waals surface area contributed by atoms with Gasteiger partial charge >= 0.3 is 0 Å². The zero-order valence-corrected chi connectivity index (χ0v) is 23.1. The van der Waals surface area contributed by atoms with Crippen LogP contribution in [0.1, 0.15) is 50.4 Å². The summed E-state index contributed by atoms with van der Waals surface area (Å²) in [6.45, 7) is 14.6. The predicted molar refractivity (Wildman–Crippen MR) is 147 cm³/mol. The third kappa shape index (κ3) is 6.43. The number of β-amino-alcohol motifs (C(OH)–C–C–N with tert-alkyl or cyclic N) is 1. The molecule has 2 amide bonds. The monoisotopic (exact) mass is 554 g/mol. The summed E-state index contributed by atoms with van der Waals surface area (Å²) in [4.78, 5) is 31.9. The SMILES string of the molecule is [C-]#[N+]c1cc(-c2ccc(C(=O)N3C[C@H](O)C[C@@]3(C)C(N)=O)c(F)c2)ccc1OCC1CCN(CC(C)(C)F)CC1. The molecule has 2 aromatic rings. The number of piperidine rings is 1. The minimum atomic E-state index is -1.41. The number of likely N-dealkylation sites (tertiary alicyclic amines) is 2. The number of benzene rings is 2. The lowest BCUT2D eigenvalue weighted by atomic mass is 9.96. The minimum Gasteiger partial charge on any atom is -0.504 e. The summed E-state index contributed by atoms with van der Waals surface area (Å²) in [7, 11) is 0. The molecule has 0 aliphatic carbocycles. The Labute approximate surface area is 233 Å². The molecule has 2 aliphatic rings. The van der Waals surface area contributed by atoms with Crippen LogP contribution in [0.25, 0.3) is 16.0 Å². The number of carbonyl (C=O) groups excluding carboxylic acids is 2. The number of nitrogens with zero attached hydrogens (tertiary/aromatic N) is 3. The van der Waals surface area contributed by atoms with Crippen molar-refractivity contribution < 1.29 is 28.2 Å². The van der Waals surface area contributed by atoms with E-state index >= 15 is 4.39 Å². The zero-order valence-electron chi connectivity index (χ0n) is 23.1. The fourth-order valence-corrected chi connectivity index (χ4v) is 5.56. The maximum Gasteiger partial charge on any atom is 0.257 e.